The van der Waals surface area contributed by atoms with Gasteiger partial charge in [-0.25, -0.2) is 0 Å². The van der Waals surface area contributed by atoms with Gasteiger partial charge in [0.05, 0.1) is 18.0 Å². The van der Waals surface area contributed by atoms with Gasteiger partial charge in [-0.2, -0.15) is 0 Å². The number of anilines is 5. The molecule has 0 atom stereocenters. The number of nitrogens with one attached hydrogen (secondary N) is 3. The van der Waals surface area contributed by atoms with Gasteiger partial charge in [-0.3, -0.25) is 9.59 Å². The van der Waals surface area contributed by atoms with Crippen LogP contribution in [0.3, 0.4) is 0 Å². The van der Waals surface area contributed by atoms with Gasteiger partial charge in [-0.1, -0.05) is 29.5 Å². The van der Waals surface area contributed by atoms with Crippen LogP contribution in [0.2, 0.25) is 0 Å². The maximum absolute atomic E-state index is 11.5. The summed E-state index contributed by atoms with van der Waals surface area (Å²) in [6, 6.07) is 20.1. The van der Waals surface area contributed by atoms with Crippen molar-refractivity contribution in [1.82, 2.24) is 0 Å². The minimum Gasteiger partial charge on any atom is -0.367 e. The molecule has 3 aromatic rings. The number of hydrogen-bond donors (Lipinski definition) is 3. The predicted octanol–water partition coefficient (Wildman–Crippen LogP) is 5.58. The molecule has 0 saturated heterocycles. The molecule has 4 rings (SSSR count). The molecule has 158 valence electrons. The summed E-state index contributed by atoms with van der Waals surface area (Å²) in [5.41, 5.74) is 5.87. The standard InChI is InChI=1S/C24H24N4O2S/c1-15-4-6-18(7-5-15)25-14-28-21-10-8-19(26-16(2)29)12-23(21)31-24-13-20(27-17(3)30)9-11-22(24)28/h4-13,25H,14H2,1-3H3,(H,26,29)(H,27,30). The fourth-order valence-electron chi connectivity index (χ4n) is 3.46. The van der Waals surface area contributed by atoms with Gasteiger partial charge in [-0.15, -0.1) is 0 Å². The highest BCUT2D eigenvalue weighted by Gasteiger charge is 2.24. The largest absolute Gasteiger partial charge is 0.367 e. The zero-order valence-corrected chi connectivity index (χ0v) is 18.5. The number of aryl methyl sites for hydroxylation is 1. The van der Waals surface area contributed by atoms with Crippen molar-refractivity contribution in [2.45, 2.75) is 30.6 Å². The molecule has 0 unspecified atom stereocenters. The van der Waals surface area contributed by atoms with Crippen molar-refractivity contribution in [3.8, 4) is 0 Å². The second kappa shape index (κ2) is 8.73. The summed E-state index contributed by atoms with van der Waals surface area (Å²) in [6.07, 6.45) is 0. The van der Waals surface area contributed by atoms with Crippen molar-refractivity contribution >= 4 is 52.0 Å². The third-order valence-corrected chi connectivity index (χ3v) is 5.95. The average Bonchev–Trinajstić information content (AvgIpc) is 2.71. The minimum atomic E-state index is -0.105. The number of rotatable bonds is 5. The lowest BCUT2D eigenvalue weighted by Crippen LogP contribution is -2.27. The quantitative estimate of drug-likeness (QED) is 0.491. The normalized spacial score (nSPS) is 11.9. The Labute approximate surface area is 186 Å². The first-order chi connectivity index (χ1) is 14.9. The van der Waals surface area contributed by atoms with Crippen LogP contribution in [0.25, 0.3) is 0 Å². The van der Waals surface area contributed by atoms with Crippen molar-refractivity contribution in [2.24, 2.45) is 0 Å². The van der Waals surface area contributed by atoms with Gasteiger partial charge < -0.3 is 20.9 Å². The van der Waals surface area contributed by atoms with Gasteiger partial charge in [0.1, 0.15) is 0 Å². The second-order valence-electron chi connectivity index (χ2n) is 7.46. The molecule has 0 fully saturated rings. The fraction of sp³-hybridized carbons (Fsp3) is 0.167. The predicted molar refractivity (Wildman–Crippen MR) is 127 cm³/mol. The van der Waals surface area contributed by atoms with Crippen molar-refractivity contribution in [1.29, 1.82) is 0 Å². The Bertz CT molecular complexity index is 1080. The summed E-state index contributed by atoms with van der Waals surface area (Å²) < 4.78 is 0. The van der Waals surface area contributed by atoms with E-state index in [0.717, 1.165) is 38.2 Å². The molecular weight excluding hydrogens is 408 g/mol. The molecule has 0 spiro atoms. The van der Waals surface area contributed by atoms with Crippen LogP contribution >= 0.6 is 11.8 Å². The Morgan fingerprint density at radius 1 is 0.774 bits per heavy atom. The van der Waals surface area contributed by atoms with Crippen LogP contribution < -0.4 is 20.9 Å². The Morgan fingerprint density at radius 3 is 1.74 bits per heavy atom. The maximum atomic E-state index is 11.5. The first-order valence-corrected chi connectivity index (χ1v) is 10.8. The van der Waals surface area contributed by atoms with E-state index in [-0.39, 0.29) is 11.8 Å². The molecule has 1 aliphatic heterocycles. The number of fused-ring (bicyclic) bond motifs is 2. The first-order valence-electron chi connectivity index (χ1n) is 9.98. The van der Waals surface area contributed by atoms with E-state index in [1.54, 1.807) is 11.8 Å². The molecular formula is C24H24N4O2S. The van der Waals surface area contributed by atoms with Crippen molar-refractivity contribution < 1.29 is 9.59 Å². The van der Waals surface area contributed by atoms with Crippen LogP contribution in [0.15, 0.2) is 70.5 Å². The van der Waals surface area contributed by atoms with Crippen LogP contribution in [0.4, 0.5) is 28.4 Å². The maximum Gasteiger partial charge on any atom is 0.221 e. The van der Waals surface area contributed by atoms with E-state index >= 15 is 0 Å². The summed E-state index contributed by atoms with van der Waals surface area (Å²) in [5.74, 6) is -0.209. The third kappa shape index (κ3) is 4.83. The summed E-state index contributed by atoms with van der Waals surface area (Å²) in [6.45, 7) is 5.64. The average molecular weight is 433 g/mol. The van der Waals surface area contributed by atoms with E-state index < -0.39 is 0 Å². The topological polar surface area (TPSA) is 73.5 Å². The van der Waals surface area contributed by atoms with Crippen molar-refractivity contribution in [2.75, 3.05) is 27.5 Å². The third-order valence-electron chi connectivity index (χ3n) is 4.85. The minimum absolute atomic E-state index is 0.105. The Kier molecular flexibility index (Phi) is 5.86. The molecule has 1 heterocycles. The molecule has 0 bridgehead atoms. The van der Waals surface area contributed by atoms with Crippen molar-refractivity contribution in [3.63, 3.8) is 0 Å². The van der Waals surface area contributed by atoms with Gasteiger partial charge in [0, 0.05) is 40.7 Å². The van der Waals surface area contributed by atoms with E-state index in [1.165, 1.54) is 19.4 Å². The zero-order chi connectivity index (χ0) is 22.0. The number of carbonyl (C=O) groups excluding carboxylic acids is 2. The monoisotopic (exact) mass is 432 g/mol. The molecule has 31 heavy (non-hydrogen) atoms. The zero-order valence-electron chi connectivity index (χ0n) is 17.7. The molecule has 0 saturated carbocycles. The number of amides is 2. The van der Waals surface area contributed by atoms with E-state index in [9.17, 15) is 9.59 Å². The van der Waals surface area contributed by atoms with Crippen LogP contribution in [-0.2, 0) is 9.59 Å². The van der Waals surface area contributed by atoms with E-state index in [2.05, 4.69) is 52.0 Å². The van der Waals surface area contributed by atoms with Gasteiger partial charge in [0.25, 0.3) is 0 Å². The number of benzene rings is 3. The summed E-state index contributed by atoms with van der Waals surface area (Å²) >= 11 is 1.62. The first kappa shape index (κ1) is 20.8. The van der Waals surface area contributed by atoms with Crippen LogP contribution in [-0.4, -0.2) is 18.5 Å². The smallest absolute Gasteiger partial charge is 0.221 e. The molecule has 2 amide bonds. The van der Waals surface area contributed by atoms with Gasteiger partial charge in [0.2, 0.25) is 11.8 Å². The van der Waals surface area contributed by atoms with E-state index in [0.29, 0.717) is 6.67 Å². The highest BCUT2D eigenvalue weighted by molar-refractivity contribution is 7.99. The summed E-state index contributed by atoms with van der Waals surface area (Å²) in [5, 5.41) is 9.20. The Hall–Kier alpha value is -3.45. The van der Waals surface area contributed by atoms with Crippen molar-refractivity contribution in [3.05, 3.63) is 66.2 Å². The fourth-order valence-corrected chi connectivity index (χ4v) is 4.63. The number of nitrogens with zero attached hydrogens (tertiary/aromatic N) is 1. The number of hydrogen-bond acceptors (Lipinski definition) is 5. The molecule has 6 nitrogen and oxygen atoms in total. The van der Waals surface area contributed by atoms with Gasteiger partial charge in [-0.05, 0) is 55.5 Å². The molecule has 7 heteroatoms. The second-order valence-corrected chi connectivity index (χ2v) is 8.54. The highest BCUT2D eigenvalue weighted by atomic mass is 32.2. The van der Waals surface area contributed by atoms with Gasteiger partial charge in [0.15, 0.2) is 0 Å². The van der Waals surface area contributed by atoms with Crippen LogP contribution in [0.1, 0.15) is 19.4 Å². The molecule has 0 aromatic heterocycles. The Morgan fingerprint density at radius 2 is 1.26 bits per heavy atom. The lowest BCUT2D eigenvalue weighted by atomic mass is 10.2. The summed E-state index contributed by atoms with van der Waals surface area (Å²) in [4.78, 5) is 27.3. The molecule has 0 aliphatic carbocycles. The molecule has 3 aromatic carbocycles. The van der Waals surface area contributed by atoms with Crippen LogP contribution in [0.5, 0.6) is 0 Å². The lowest BCUT2D eigenvalue weighted by molar-refractivity contribution is -0.115. The van der Waals surface area contributed by atoms with Crippen LogP contribution in [0, 0.1) is 6.92 Å². The van der Waals surface area contributed by atoms with E-state index in [1.807, 2.05) is 36.4 Å². The molecule has 3 N–H and O–H groups in total. The SMILES string of the molecule is CC(=O)Nc1ccc2c(c1)Sc1cc(NC(C)=O)ccc1N2CNc1ccc(C)cc1. The number of carbonyl (C=O) groups is 2. The molecule has 1 aliphatic rings. The highest BCUT2D eigenvalue weighted by Crippen LogP contribution is 2.49. The van der Waals surface area contributed by atoms with E-state index in [4.69, 9.17) is 0 Å². The Balaban J connectivity index is 1.69. The van der Waals surface area contributed by atoms with Gasteiger partial charge >= 0.3 is 0 Å². The summed E-state index contributed by atoms with van der Waals surface area (Å²) in [7, 11) is 0. The lowest BCUT2D eigenvalue weighted by Gasteiger charge is -2.33. The molecule has 0 radical (unpaired) electrons.